The minimum absolute atomic E-state index is 0.108. The molecule has 0 saturated carbocycles. The highest BCUT2D eigenvalue weighted by molar-refractivity contribution is 9.10. The van der Waals surface area contributed by atoms with E-state index in [2.05, 4.69) is 28.3 Å². The van der Waals surface area contributed by atoms with Crippen molar-refractivity contribution < 1.29 is 9.13 Å². The quantitative estimate of drug-likeness (QED) is 0.662. The van der Waals surface area contributed by atoms with Crippen molar-refractivity contribution in [1.29, 1.82) is 0 Å². The zero-order valence-corrected chi connectivity index (χ0v) is 11.9. The molecule has 5 heteroatoms. The van der Waals surface area contributed by atoms with E-state index in [4.69, 9.17) is 10.6 Å². The lowest BCUT2D eigenvalue weighted by Gasteiger charge is -2.25. The van der Waals surface area contributed by atoms with Crippen LogP contribution in [0.4, 0.5) is 4.39 Å². The van der Waals surface area contributed by atoms with Gasteiger partial charge in [-0.25, -0.2) is 4.39 Å². The van der Waals surface area contributed by atoms with Crippen LogP contribution in [0.1, 0.15) is 18.9 Å². The summed E-state index contributed by atoms with van der Waals surface area (Å²) >= 11 is 3.30. The molecule has 0 radical (unpaired) electrons. The van der Waals surface area contributed by atoms with Gasteiger partial charge in [-0.15, -0.1) is 0 Å². The van der Waals surface area contributed by atoms with Gasteiger partial charge in [0.2, 0.25) is 0 Å². The summed E-state index contributed by atoms with van der Waals surface area (Å²) in [5.74, 6) is 5.77. The number of nitrogens with one attached hydrogen (secondary N) is 1. The van der Waals surface area contributed by atoms with E-state index >= 15 is 0 Å². The molecule has 1 aromatic rings. The third kappa shape index (κ3) is 3.29. The summed E-state index contributed by atoms with van der Waals surface area (Å²) in [4.78, 5) is 0. The Kier molecular flexibility index (Phi) is 4.72. The van der Waals surface area contributed by atoms with Gasteiger partial charge in [0.05, 0.1) is 6.10 Å². The maximum Gasteiger partial charge on any atom is 0.124 e. The van der Waals surface area contributed by atoms with Crippen LogP contribution in [0.5, 0.6) is 0 Å². The van der Waals surface area contributed by atoms with E-state index in [1.165, 1.54) is 6.07 Å². The van der Waals surface area contributed by atoms with Crippen LogP contribution in [0.3, 0.4) is 0 Å². The molecule has 0 bridgehead atoms. The number of halogens is 2. The highest BCUT2D eigenvalue weighted by atomic mass is 79.9. The van der Waals surface area contributed by atoms with Gasteiger partial charge >= 0.3 is 0 Å². The minimum Gasteiger partial charge on any atom is -0.378 e. The number of hydrogen-bond acceptors (Lipinski definition) is 3. The van der Waals surface area contributed by atoms with E-state index in [-0.39, 0.29) is 18.0 Å². The fraction of sp³-hybridized carbons (Fsp3) is 0.538. The largest absolute Gasteiger partial charge is 0.378 e. The molecular formula is C13H18BrFN2O. The van der Waals surface area contributed by atoms with Crippen molar-refractivity contribution in [3.05, 3.63) is 34.1 Å². The van der Waals surface area contributed by atoms with Crippen molar-refractivity contribution in [2.75, 3.05) is 6.61 Å². The molecule has 18 heavy (non-hydrogen) atoms. The first-order valence-electron chi connectivity index (χ1n) is 6.13. The molecule has 0 aromatic heterocycles. The van der Waals surface area contributed by atoms with Gasteiger partial charge in [-0.1, -0.05) is 15.9 Å². The fourth-order valence-electron chi connectivity index (χ4n) is 2.59. The third-order valence-corrected chi connectivity index (χ3v) is 4.00. The molecule has 3 N–H and O–H groups in total. The van der Waals surface area contributed by atoms with Gasteiger partial charge in [0.1, 0.15) is 5.82 Å². The molecule has 0 aliphatic carbocycles. The van der Waals surface area contributed by atoms with E-state index in [9.17, 15) is 4.39 Å². The Morgan fingerprint density at radius 3 is 2.89 bits per heavy atom. The van der Waals surface area contributed by atoms with Crippen LogP contribution in [0.25, 0.3) is 0 Å². The molecule has 1 aromatic carbocycles. The van der Waals surface area contributed by atoms with Gasteiger partial charge in [0.15, 0.2) is 0 Å². The fourth-order valence-corrected chi connectivity index (χ4v) is 3.11. The predicted molar refractivity (Wildman–Crippen MR) is 72.4 cm³/mol. The molecule has 0 spiro atoms. The van der Waals surface area contributed by atoms with Crippen molar-refractivity contribution in [2.24, 2.45) is 11.8 Å². The molecule has 1 heterocycles. The summed E-state index contributed by atoms with van der Waals surface area (Å²) < 4.78 is 19.6. The van der Waals surface area contributed by atoms with Crippen LogP contribution < -0.4 is 11.3 Å². The zero-order chi connectivity index (χ0) is 13.1. The summed E-state index contributed by atoms with van der Waals surface area (Å²) in [6, 6.07) is 5.04. The van der Waals surface area contributed by atoms with Gasteiger partial charge in [0, 0.05) is 23.0 Å². The second-order valence-electron chi connectivity index (χ2n) is 4.78. The first kappa shape index (κ1) is 13.9. The number of nitrogens with two attached hydrogens (primary N) is 1. The SMILES string of the molecule is CC1OCCC1C(Cc1cc(F)cc(Br)c1)NN. The second-order valence-corrected chi connectivity index (χ2v) is 5.70. The lowest BCUT2D eigenvalue weighted by molar-refractivity contribution is 0.0954. The van der Waals surface area contributed by atoms with E-state index < -0.39 is 0 Å². The molecule has 3 unspecified atom stereocenters. The van der Waals surface area contributed by atoms with E-state index in [0.717, 1.165) is 23.1 Å². The number of hydrogen-bond donors (Lipinski definition) is 2. The Bertz CT molecular complexity index is 396. The van der Waals surface area contributed by atoms with Crippen molar-refractivity contribution in [2.45, 2.75) is 31.9 Å². The highest BCUT2D eigenvalue weighted by Gasteiger charge is 2.31. The summed E-state index contributed by atoms with van der Waals surface area (Å²) in [7, 11) is 0. The third-order valence-electron chi connectivity index (χ3n) is 3.54. The number of benzene rings is 1. The molecule has 100 valence electrons. The summed E-state index contributed by atoms with van der Waals surface area (Å²) in [5, 5.41) is 0. The van der Waals surface area contributed by atoms with Crippen molar-refractivity contribution in [3.63, 3.8) is 0 Å². The van der Waals surface area contributed by atoms with Crippen molar-refractivity contribution in [1.82, 2.24) is 5.43 Å². The molecule has 0 amide bonds. The molecule has 1 aliphatic rings. The van der Waals surface area contributed by atoms with Crippen LogP contribution >= 0.6 is 15.9 Å². The molecular weight excluding hydrogens is 299 g/mol. The number of rotatable bonds is 4. The Morgan fingerprint density at radius 1 is 1.56 bits per heavy atom. The highest BCUT2D eigenvalue weighted by Crippen LogP contribution is 2.26. The summed E-state index contributed by atoms with van der Waals surface area (Å²) in [5.41, 5.74) is 3.78. The average Bonchev–Trinajstić information content (AvgIpc) is 2.71. The number of ether oxygens (including phenoxy) is 1. The molecule has 1 fully saturated rings. The topological polar surface area (TPSA) is 47.3 Å². The van der Waals surface area contributed by atoms with Crippen LogP contribution in [-0.2, 0) is 11.2 Å². The zero-order valence-electron chi connectivity index (χ0n) is 10.3. The lowest BCUT2D eigenvalue weighted by Crippen LogP contribution is -2.44. The van der Waals surface area contributed by atoms with Crippen LogP contribution in [0.2, 0.25) is 0 Å². The van der Waals surface area contributed by atoms with Gasteiger partial charge in [0.25, 0.3) is 0 Å². The summed E-state index contributed by atoms with van der Waals surface area (Å²) in [6.07, 6.45) is 1.89. The molecule has 3 atom stereocenters. The molecule has 1 saturated heterocycles. The average molecular weight is 317 g/mol. The Labute approximate surface area is 115 Å². The minimum atomic E-state index is -0.231. The lowest BCUT2D eigenvalue weighted by atomic mass is 9.89. The van der Waals surface area contributed by atoms with Crippen molar-refractivity contribution in [3.8, 4) is 0 Å². The Balaban J connectivity index is 2.09. The number of hydrazine groups is 1. The van der Waals surface area contributed by atoms with Gasteiger partial charge in [-0.3, -0.25) is 11.3 Å². The standard InChI is InChI=1S/C13H18BrFN2O/c1-8-12(2-3-18-8)13(17-16)6-9-4-10(14)7-11(15)5-9/h4-5,7-8,12-13,17H,2-3,6,16H2,1H3. The summed E-state index contributed by atoms with van der Waals surface area (Å²) in [6.45, 7) is 2.83. The molecule has 3 nitrogen and oxygen atoms in total. The van der Waals surface area contributed by atoms with Crippen LogP contribution in [0, 0.1) is 11.7 Å². The monoisotopic (exact) mass is 316 g/mol. The second kappa shape index (κ2) is 6.10. The maximum atomic E-state index is 13.3. The normalized spacial score (nSPS) is 25.3. The van der Waals surface area contributed by atoms with E-state index in [1.54, 1.807) is 6.07 Å². The van der Waals surface area contributed by atoms with Crippen LogP contribution in [-0.4, -0.2) is 18.8 Å². The Morgan fingerprint density at radius 2 is 2.33 bits per heavy atom. The van der Waals surface area contributed by atoms with Crippen LogP contribution in [0.15, 0.2) is 22.7 Å². The smallest absolute Gasteiger partial charge is 0.124 e. The Hall–Kier alpha value is -0.490. The van der Waals surface area contributed by atoms with E-state index in [0.29, 0.717) is 12.3 Å². The molecule has 1 aliphatic heterocycles. The predicted octanol–water partition coefficient (Wildman–Crippen LogP) is 2.39. The van der Waals surface area contributed by atoms with Gasteiger partial charge in [-0.05, 0) is 43.5 Å². The molecule has 2 rings (SSSR count). The first-order valence-corrected chi connectivity index (χ1v) is 6.92. The van der Waals surface area contributed by atoms with Gasteiger partial charge in [-0.2, -0.15) is 0 Å². The van der Waals surface area contributed by atoms with Crippen molar-refractivity contribution >= 4 is 15.9 Å². The maximum absolute atomic E-state index is 13.3. The first-order chi connectivity index (χ1) is 8.60. The van der Waals surface area contributed by atoms with E-state index in [1.807, 2.05) is 6.07 Å². The van der Waals surface area contributed by atoms with Gasteiger partial charge < -0.3 is 4.74 Å².